The van der Waals surface area contributed by atoms with Gasteiger partial charge in [-0.05, 0) is 45.3 Å². The predicted molar refractivity (Wildman–Crippen MR) is 70.2 cm³/mol. The van der Waals surface area contributed by atoms with Crippen LogP contribution in [-0.2, 0) is 4.79 Å². The second-order valence-electron chi connectivity index (χ2n) is 5.14. The Kier molecular flexibility index (Phi) is 4.84. The van der Waals surface area contributed by atoms with Crippen LogP contribution in [0.15, 0.2) is 0 Å². The second-order valence-corrected chi connectivity index (χ2v) is 5.14. The number of nitrogens with zero attached hydrogens (tertiary/aromatic N) is 4. The Morgan fingerprint density at radius 2 is 2.26 bits per heavy atom. The van der Waals surface area contributed by atoms with Crippen molar-refractivity contribution in [1.82, 2.24) is 30.8 Å². The van der Waals surface area contributed by atoms with Gasteiger partial charge in [0.1, 0.15) is 0 Å². The number of aromatic nitrogens is 4. The van der Waals surface area contributed by atoms with Gasteiger partial charge in [0.2, 0.25) is 5.91 Å². The van der Waals surface area contributed by atoms with Crippen LogP contribution in [0.3, 0.4) is 0 Å². The maximum atomic E-state index is 12.0. The minimum atomic E-state index is -0.193. The first-order chi connectivity index (χ1) is 9.19. The first-order valence-electron chi connectivity index (χ1n) is 6.94. The summed E-state index contributed by atoms with van der Waals surface area (Å²) >= 11 is 0. The first-order valence-corrected chi connectivity index (χ1v) is 6.94. The van der Waals surface area contributed by atoms with E-state index in [1.165, 1.54) is 0 Å². The van der Waals surface area contributed by atoms with Gasteiger partial charge in [-0.3, -0.25) is 4.79 Å². The molecule has 19 heavy (non-hydrogen) atoms. The number of rotatable bonds is 5. The Labute approximate surface area is 113 Å². The fourth-order valence-electron chi connectivity index (χ4n) is 2.49. The number of H-pyrrole nitrogens is 1. The lowest BCUT2D eigenvalue weighted by atomic mass is 9.93. The fourth-order valence-corrected chi connectivity index (χ4v) is 2.49. The third-order valence-corrected chi connectivity index (χ3v) is 3.75. The molecule has 0 saturated carbocycles. The van der Waals surface area contributed by atoms with E-state index in [2.05, 4.69) is 37.8 Å². The third-order valence-electron chi connectivity index (χ3n) is 3.75. The summed E-state index contributed by atoms with van der Waals surface area (Å²) < 4.78 is 0. The SMILES string of the molecule is CCN1CCC(CC(=O)NC(C)c2nn[nH]n2)CC1. The lowest BCUT2D eigenvalue weighted by Crippen LogP contribution is -2.36. The molecule has 7 nitrogen and oxygen atoms in total. The highest BCUT2D eigenvalue weighted by Gasteiger charge is 2.22. The average molecular weight is 266 g/mol. The van der Waals surface area contributed by atoms with Crippen LogP contribution in [0, 0.1) is 5.92 Å². The minimum Gasteiger partial charge on any atom is -0.346 e. The summed E-state index contributed by atoms with van der Waals surface area (Å²) in [6.45, 7) is 7.36. The Bertz CT molecular complexity index is 385. The van der Waals surface area contributed by atoms with Gasteiger partial charge in [-0.15, -0.1) is 10.2 Å². The van der Waals surface area contributed by atoms with Gasteiger partial charge in [0, 0.05) is 6.42 Å². The Balaban J connectivity index is 1.73. The number of hydrogen-bond donors (Lipinski definition) is 2. The van der Waals surface area contributed by atoms with Crippen molar-refractivity contribution in [1.29, 1.82) is 0 Å². The molecule has 0 radical (unpaired) electrons. The van der Waals surface area contributed by atoms with Gasteiger partial charge in [0.05, 0.1) is 6.04 Å². The van der Waals surface area contributed by atoms with Gasteiger partial charge in [-0.2, -0.15) is 5.21 Å². The van der Waals surface area contributed by atoms with E-state index in [1.54, 1.807) is 0 Å². The molecular formula is C12H22N6O. The van der Waals surface area contributed by atoms with Crippen LogP contribution in [0.4, 0.5) is 0 Å². The number of amides is 1. The molecular weight excluding hydrogens is 244 g/mol. The largest absolute Gasteiger partial charge is 0.346 e. The van der Waals surface area contributed by atoms with E-state index in [0.717, 1.165) is 32.5 Å². The molecule has 1 aliphatic heterocycles. The molecule has 1 aromatic heterocycles. The topological polar surface area (TPSA) is 86.8 Å². The summed E-state index contributed by atoms with van der Waals surface area (Å²) in [4.78, 5) is 14.4. The summed E-state index contributed by atoms with van der Waals surface area (Å²) in [6.07, 6.45) is 2.81. The molecule has 1 amide bonds. The standard InChI is InChI=1S/C12H22N6O/c1-3-18-6-4-10(5-7-18)8-11(19)13-9(2)12-14-16-17-15-12/h9-10H,3-8H2,1-2H3,(H,13,19)(H,14,15,16,17). The number of likely N-dealkylation sites (tertiary alicyclic amines) is 1. The lowest BCUT2D eigenvalue weighted by molar-refractivity contribution is -0.123. The van der Waals surface area contributed by atoms with E-state index in [9.17, 15) is 4.79 Å². The molecule has 2 N–H and O–H groups in total. The maximum absolute atomic E-state index is 12.0. The van der Waals surface area contributed by atoms with Crippen LogP contribution in [0.2, 0.25) is 0 Å². The van der Waals surface area contributed by atoms with Gasteiger partial charge in [0.15, 0.2) is 5.82 Å². The van der Waals surface area contributed by atoms with E-state index >= 15 is 0 Å². The quantitative estimate of drug-likeness (QED) is 0.810. The smallest absolute Gasteiger partial charge is 0.220 e. The summed E-state index contributed by atoms with van der Waals surface area (Å²) in [5.74, 6) is 1.10. The Morgan fingerprint density at radius 1 is 1.53 bits per heavy atom. The molecule has 0 aromatic carbocycles. The summed E-state index contributed by atoms with van der Waals surface area (Å²) in [7, 11) is 0. The normalized spacial score (nSPS) is 19.3. The van der Waals surface area contributed by atoms with Crippen molar-refractivity contribution >= 4 is 5.91 Å². The predicted octanol–water partition coefficient (Wildman–Crippen LogP) is 0.499. The van der Waals surface area contributed by atoms with Gasteiger partial charge >= 0.3 is 0 Å². The summed E-state index contributed by atoms with van der Waals surface area (Å²) in [5.41, 5.74) is 0. The average Bonchev–Trinajstić information content (AvgIpc) is 2.93. The highest BCUT2D eigenvalue weighted by Crippen LogP contribution is 2.20. The van der Waals surface area contributed by atoms with Crippen LogP contribution >= 0.6 is 0 Å². The molecule has 7 heteroatoms. The minimum absolute atomic E-state index is 0.0762. The van der Waals surface area contributed by atoms with Crippen LogP contribution in [0.25, 0.3) is 0 Å². The molecule has 2 heterocycles. The fraction of sp³-hybridized carbons (Fsp3) is 0.833. The van der Waals surface area contributed by atoms with Crippen molar-refractivity contribution in [2.75, 3.05) is 19.6 Å². The Hall–Kier alpha value is -1.50. The van der Waals surface area contributed by atoms with Crippen LogP contribution < -0.4 is 5.32 Å². The number of tetrazole rings is 1. The zero-order valence-electron chi connectivity index (χ0n) is 11.6. The number of carbonyl (C=O) groups excluding carboxylic acids is 1. The van der Waals surface area contributed by atoms with Crippen molar-refractivity contribution in [3.63, 3.8) is 0 Å². The molecule has 0 aliphatic carbocycles. The van der Waals surface area contributed by atoms with E-state index in [1.807, 2.05) is 6.92 Å². The monoisotopic (exact) mass is 266 g/mol. The zero-order chi connectivity index (χ0) is 13.7. The van der Waals surface area contributed by atoms with Gasteiger partial charge < -0.3 is 10.2 Å². The van der Waals surface area contributed by atoms with Crippen molar-refractivity contribution in [3.8, 4) is 0 Å². The van der Waals surface area contributed by atoms with E-state index in [4.69, 9.17) is 0 Å². The van der Waals surface area contributed by atoms with E-state index in [-0.39, 0.29) is 11.9 Å². The molecule has 1 aromatic rings. The van der Waals surface area contributed by atoms with Gasteiger partial charge in [0.25, 0.3) is 0 Å². The lowest BCUT2D eigenvalue weighted by Gasteiger charge is -2.30. The first kappa shape index (κ1) is 13.9. The van der Waals surface area contributed by atoms with Crippen LogP contribution in [0.5, 0.6) is 0 Å². The maximum Gasteiger partial charge on any atom is 0.220 e. The highest BCUT2D eigenvalue weighted by atomic mass is 16.1. The van der Waals surface area contributed by atoms with E-state index in [0.29, 0.717) is 18.2 Å². The number of hydrogen-bond acceptors (Lipinski definition) is 5. The number of nitrogens with one attached hydrogen (secondary N) is 2. The third kappa shape index (κ3) is 3.99. The molecule has 0 spiro atoms. The molecule has 1 fully saturated rings. The molecule has 106 valence electrons. The number of aromatic amines is 1. The number of piperidine rings is 1. The van der Waals surface area contributed by atoms with Crippen LogP contribution in [-0.4, -0.2) is 51.1 Å². The van der Waals surface area contributed by atoms with Crippen molar-refractivity contribution in [2.45, 2.75) is 39.2 Å². The molecule has 2 rings (SSSR count). The molecule has 1 unspecified atom stereocenters. The number of carbonyl (C=O) groups is 1. The van der Waals surface area contributed by atoms with Crippen molar-refractivity contribution < 1.29 is 4.79 Å². The summed E-state index contributed by atoms with van der Waals surface area (Å²) in [5, 5.41) is 16.5. The second kappa shape index (κ2) is 6.60. The molecule has 1 atom stereocenters. The van der Waals surface area contributed by atoms with E-state index < -0.39 is 0 Å². The van der Waals surface area contributed by atoms with Crippen molar-refractivity contribution in [2.24, 2.45) is 5.92 Å². The van der Waals surface area contributed by atoms with Crippen molar-refractivity contribution in [3.05, 3.63) is 5.82 Å². The van der Waals surface area contributed by atoms with Crippen LogP contribution in [0.1, 0.15) is 45.0 Å². The zero-order valence-corrected chi connectivity index (χ0v) is 11.6. The Morgan fingerprint density at radius 3 is 2.84 bits per heavy atom. The van der Waals surface area contributed by atoms with Gasteiger partial charge in [-0.25, -0.2) is 0 Å². The summed E-state index contributed by atoms with van der Waals surface area (Å²) in [6, 6.07) is -0.193. The molecule has 0 bridgehead atoms. The molecule has 1 aliphatic rings. The van der Waals surface area contributed by atoms with Gasteiger partial charge in [-0.1, -0.05) is 12.1 Å². The molecule has 1 saturated heterocycles. The highest BCUT2D eigenvalue weighted by molar-refractivity contribution is 5.76.